The van der Waals surface area contributed by atoms with Gasteiger partial charge in [-0.25, -0.2) is 14.6 Å². The molecule has 96 valence electrons. The first-order chi connectivity index (χ1) is 8.66. The summed E-state index contributed by atoms with van der Waals surface area (Å²) in [6.45, 7) is 4.08. The lowest BCUT2D eigenvalue weighted by molar-refractivity contribution is 0.425. The number of rotatable bonds is 1. The van der Waals surface area contributed by atoms with Gasteiger partial charge < -0.3 is 5.84 Å². The number of hydrogen-bond donors (Lipinski definition) is 1. The number of fused-ring (bicyclic) bond motifs is 1. The molecule has 0 spiro atoms. The van der Waals surface area contributed by atoms with Crippen LogP contribution in [0.2, 0.25) is 0 Å². The van der Waals surface area contributed by atoms with Gasteiger partial charge in [0.2, 0.25) is 0 Å². The van der Waals surface area contributed by atoms with Gasteiger partial charge in [0.05, 0.1) is 0 Å². The summed E-state index contributed by atoms with van der Waals surface area (Å²) in [5.41, 5.74) is 3.96. The molecule has 2 aromatic rings. The van der Waals surface area contributed by atoms with E-state index in [1.165, 1.54) is 37.7 Å². The van der Waals surface area contributed by atoms with Crippen molar-refractivity contribution < 1.29 is 0 Å². The van der Waals surface area contributed by atoms with E-state index in [4.69, 9.17) is 10.8 Å². The van der Waals surface area contributed by atoms with Crippen molar-refractivity contribution >= 4 is 11.2 Å². The Morgan fingerprint density at radius 1 is 1.17 bits per heavy atom. The van der Waals surface area contributed by atoms with E-state index in [2.05, 4.69) is 18.0 Å². The lowest BCUT2D eigenvalue weighted by Gasteiger charge is -2.20. The molecule has 0 amide bonds. The molecule has 0 aliphatic heterocycles. The average Bonchev–Trinajstić information content (AvgIpc) is 2.69. The molecule has 2 heterocycles. The van der Waals surface area contributed by atoms with Gasteiger partial charge >= 0.3 is 0 Å². The third-order valence-corrected chi connectivity index (χ3v) is 3.96. The van der Waals surface area contributed by atoms with E-state index in [0.717, 1.165) is 22.7 Å². The molecule has 2 aromatic heterocycles. The third kappa shape index (κ3) is 1.76. The van der Waals surface area contributed by atoms with E-state index in [-0.39, 0.29) is 0 Å². The molecule has 0 unspecified atom stereocenters. The molecular formula is C14H20N4. The van der Waals surface area contributed by atoms with Crippen LogP contribution in [0.3, 0.4) is 0 Å². The predicted molar refractivity (Wildman–Crippen MR) is 73.0 cm³/mol. The van der Waals surface area contributed by atoms with Gasteiger partial charge in [-0.3, -0.25) is 0 Å². The van der Waals surface area contributed by atoms with Crippen molar-refractivity contribution in [2.24, 2.45) is 0 Å². The van der Waals surface area contributed by atoms with Crippen molar-refractivity contribution in [3.63, 3.8) is 0 Å². The van der Waals surface area contributed by atoms with Crippen LogP contribution in [0.25, 0.3) is 11.2 Å². The van der Waals surface area contributed by atoms with Crippen LogP contribution >= 0.6 is 0 Å². The lowest BCUT2D eigenvalue weighted by Crippen LogP contribution is -2.18. The van der Waals surface area contributed by atoms with Crippen LogP contribution in [0.5, 0.6) is 0 Å². The maximum atomic E-state index is 6.20. The summed E-state index contributed by atoms with van der Waals surface area (Å²) >= 11 is 0. The second-order valence-electron chi connectivity index (χ2n) is 5.43. The number of nitrogens with zero attached hydrogens (tertiary/aromatic N) is 3. The predicted octanol–water partition coefficient (Wildman–Crippen LogP) is 2.81. The highest BCUT2D eigenvalue weighted by Gasteiger charge is 2.22. The van der Waals surface area contributed by atoms with Crippen LogP contribution in [0, 0.1) is 13.8 Å². The van der Waals surface area contributed by atoms with Crippen LogP contribution in [-0.2, 0) is 0 Å². The molecule has 2 N–H and O–H groups in total. The number of aryl methyl sites for hydroxylation is 2. The van der Waals surface area contributed by atoms with Crippen LogP contribution in [-0.4, -0.2) is 14.6 Å². The Balaban J connectivity index is 2.13. The molecule has 4 nitrogen and oxygen atoms in total. The Morgan fingerprint density at radius 3 is 2.61 bits per heavy atom. The summed E-state index contributed by atoms with van der Waals surface area (Å²) in [4.78, 5) is 9.28. The first kappa shape index (κ1) is 11.5. The summed E-state index contributed by atoms with van der Waals surface area (Å²) in [6.07, 6.45) is 6.34. The van der Waals surface area contributed by atoms with Crippen LogP contribution in [0.1, 0.15) is 55.1 Å². The zero-order chi connectivity index (χ0) is 12.7. The Morgan fingerprint density at radius 2 is 1.89 bits per heavy atom. The van der Waals surface area contributed by atoms with Gasteiger partial charge in [0.25, 0.3) is 0 Å². The SMILES string of the molecule is Cc1cc(C)c2nc(C3CCCCC3)n(N)c2n1. The normalized spacial score (nSPS) is 17.4. The average molecular weight is 244 g/mol. The molecule has 4 heteroatoms. The highest BCUT2D eigenvalue weighted by molar-refractivity contribution is 5.76. The van der Waals surface area contributed by atoms with Gasteiger partial charge in [-0.2, -0.15) is 0 Å². The number of aromatic nitrogens is 3. The van der Waals surface area contributed by atoms with E-state index in [9.17, 15) is 0 Å². The standard InChI is InChI=1S/C14H20N4/c1-9-8-10(2)16-14-12(9)17-13(18(14)15)11-6-4-3-5-7-11/h8,11H,3-7,15H2,1-2H3. The number of nitrogen functional groups attached to an aromatic ring is 1. The van der Waals surface area contributed by atoms with Crippen molar-refractivity contribution in [3.8, 4) is 0 Å². The van der Waals surface area contributed by atoms with Crippen LogP contribution in [0.15, 0.2) is 6.07 Å². The van der Waals surface area contributed by atoms with E-state index in [1.807, 2.05) is 6.92 Å². The van der Waals surface area contributed by atoms with E-state index < -0.39 is 0 Å². The minimum Gasteiger partial charge on any atom is -0.336 e. The van der Waals surface area contributed by atoms with Gasteiger partial charge in [-0.1, -0.05) is 19.3 Å². The lowest BCUT2D eigenvalue weighted by atomic mass is 9.89. The maximum absolute atomic E-state index is 6.20. The van der Waals surface area contributed by atoms with Gasteiger partial charge in [-0.15, -0.1) is 0 Å². The zero-order valence-electron chi connectivity index (χ0n) is 11.1. The van der Waals surface area contributed by atoms with Crippen molar-refractivity contribution in [1.82, 2.24) is 14.6 Å². The molecule has 1 fully saturated rings. The van der Waals surface area contributed by atoms with Crippen LogP contribution < -0.4 is 5.84 Å². The Kier molecular flexibility index (Phi) is 2.73. The van der Waals surface area contributed by atoms with Gasteiger partial charge in [0, 0.05) is 11.6 Å². The smallest absolute Gasteiger partial charge is 0.179 e. The number of pyridine rings is 1. The summed E-state index contributed by atoms with van der Waals surface area (Å²) in [6, 6.07) is 2.07. The molecule has 0 bridgehead atoms. The molecule has 0 atom stereocenters. The first-order valence-corrected chi connectivity index (χ1v) is 6.78. The molecule has 1 aliphatic rings. The number of imidazole rings is 1. The molecule has 0 saturated heterocycles. The minimum absolute atomic E-state index is 0.512. The van der Waals surface area contributed by atoms with Crippen molar-refractivity contribution in [2.45, 2.75) is 51.9 Å². The van der Waals surface area contributed by atoms with Crippen molar-refractivity contribution in [1.29, 1.82) is 0 Å². The monoisotopic (exact) mass is 244 g/mol. The van der Waals surface area contributed by atoms with Gasteiger partial charge in [-0.05, 0) is 38.3 Å². The first-order valence-electron chi connectivity index (χ1n) is 6.78. The largest absolute Gasteiger partial charge is 0.336 e. The van der Waals surface area contributed by atoms with Gasteiger partial charge in [0.1, 0.15) is 11.3 Å². The summed E-state index contributed by atoms with van der Waals surface area (Å²) in [5, 5.41) is 0. The van der Waals surface area contributed by atoms with Gasteiger partial charge in [0.15, 0.2) is 5.65 Å². The zero-order valence-corrected chi connectivity index (χ0v) is 11.1. The minimum atomic E-state index is 0.512. The summed E-state index contributed by atoms with van der Waals surface area (Å²) in [7, 11) is 0. The maximum Gasteiger partial charge on any atom is 0.179 e. The van der Waals surface area contributed by atoms with E-state index >= 15 is 0 Å². The Hall–Kier alpha value is -1.58. The number of nitrogens with two attached hydrogens (primary N) is 1. The molecule has 1 aliphatic carbocycles. The second-order valence-corrected chi connectivity index (χ2v) is 5.43. The fourth-order valence-electron chi connectivity index (χ4n) is 3.04. The quantitative estimate of drug-likeness (QED) is 0.785. The summed E-state index contributed by atoms with van der Waals surface area (Å²) < 4.78 is 1.71. The summed E-state index contributed by atoms with van der Waals surface area (Å²) in [5.74, 6) is 7.73. The Bertz CT molecular complexity index is 579. The topological polar surface area (TPSA) is 56.7 Å². The molecular weight excluding hydrogens is 224 g/mol. The molecule has 0 aromatic carbocycles. The highest BCUT2D eigenvalue weighted by atomic mass is 15.3. The molecule has 0 radical (unpaired) electrons. The number of hydrogen-bond acceptors (Lipinski definition) is 3. The third-order valence-electron chi connectivity index (χ3n) is 3.96. The van der Waals surface area contributed by atoms with E-state index in [1.54, 1.807) is 4.68 Å². The van der Waals surface area contributed by atoms with Crippen molar-refractivity contribution in [3.05, 3.63) is 23.1 Å². The van der Waals surface area contributed by atoms with Crippen molar-refractivity contribution in [2.75, 3.05) is 5.84 Å². The highest BCUT2D eigenvalue weighted by Crippen LogP contribution is 2.33. The fourth-order valence-corrected chi connectivity index (χ4v) is 3.04. The molecule has 3 rings (SSSR count). The Labute approximate surface area is 107 Å². The molecule has 1 saturated carbocycles. The fraction of sp³-hybridized carbons (Fsp3) is 0.571. The van der Waals surface area contributed by atoms with E-state index in [0.29, 0.717) is 5.92 Å². The second kappa shape index (κ2) is 4.26. The van der Waals surface area contributed by atoms with Crippen LogP contribution in [0.4, 0.5) is 0 Å². The molecule has 18 heavy (non-hydrogen) atoms.